The molecular weight excluding hydrogens is 295 g/mol. The lowest BCUT2D eigenvalue weighted by atomic mass is 10.1. The van der Waals surface area contributed by atoms with E-state index < -0.39 is 0 Å². The molecule has 23 heavy (non-hydrogen) atoms. The second kappa shape index (κ2) is 8.29. The van der Waals surface area contributed by atoms with Crippen molar-refractivity contribution in [3.8, 4) is 5.75 Å². The molecule has 2 rings (SSSR count). The predicted molar refractivity (Wildman–Crippen MR) is 87.7 cm³/mol. The fourth-order valence-corrected chi connectivity index (χ4v) is 2.25. The van der Waals surface area contributed by atoms with Gasteiger partial charge in [-0.15, -0.1) is 0 Å². The first kappa shape index (κ1) is 17.0. The molecule has 0 heterocycles. The van der Waals surface area contributed by atoms with Gasteiger partial charge in [0, 0.05) is 18.2 Å². The molecule has 5 heteroatoms. The smallest absolute Gasteiger partial charge is 0.234 e. The van der Waals surface area contributed by atoms with Gasteiger partial charge in [0.25, 0.3) is 0 Å². The summed E-state index contributed by atoms with van der Waals surface area (Å²) in [5.74, 6) is 0.391. The molecule has 0 saturated carbocycles. The van der Waals surface area contributed by atoms with Crippen molar-refractivity contribution >= 4 is 5.91 Å². The van der Waals surface area contributed by atoms with Crippen molar-refractivity contribution in [3.63, 3.8) is 0 Å². The molecule has 1 amide bonds. The van der Waals surface area contributed by atoms with E-state index in [1.54, 1.807) is 19.2 Å². The Balaban J connectivity index is 1.80. The van der Waals surface area contributed by atoms with Crippen LogP contribution in [-0.2, 0) is 11.3 Å². The number of rotatable bonds is 7. The summed E-state index contributed by atoms with van der Waals surface area (Å²) in [5.41, 5.74) is 1.86. The Morgan fingerprint density at radius 1 is 1.17 bits per heavy atom. The maximum Gasteiger partial charge on any atom is 0.234 e. The molecule has 0 aromatic heterocycles. The zero-order valence-corrected chi connectivity index (χ0v) is 13.3. The second-order valence-corrected chi connectivity index (χ2v) is 5.25. The molecule has 0 fully saturated rings. The fourth-order valence-electron chi connectivity index (χ4n) is 2.25. The van der Waals surface area contributed by atoms with Gasteiger partial charge in [-0.05, 0) is 30.7 Å². The molecule has 4 nitrogen and oxygen atoms in total. The molecule has 2 N–H and O–H groups in total. The summed E-state index contributed by atoms with van der Waals surface area (Å²) < 4.78 is 18.1. The standard InChI is InChI=1S/C18H21FN2O2/c1-13(16-5-3-4-6-17(16)23-2)20-12-18(22)21-11-14-7-9-15(19)10-8-14/h3-10,13,20H,11-12H2,1-2H3,(H,21,22). The number of carbonyl (C=O) groups is 1. The maximum atomic E-state index is 12.8. The highest BCUT2D eigenvalue weighted by Crippen LogP contribution is 2.23. The SMILES string of the molecule is COc1ccccc1C(C)NCC(=O)NCc1ccc(F)cc1. The lowest BCUT2D eigenvalue weighted by Crippen LogP contribution is -2.34. The summed E-state index contributed by atoms with van der Waals surface area (Å²) >= 11 is 0. The highest BCUT2D eigenvalue weighted by atomic mass is 19.1. The van der Waals surface area contributed by atoms with Crippen LogP contribution in [0.3, 0.4) is 0 Å². The average molecular weight is 316 g/mol. The third-order valence-corrected chi connectivity index (χ3v) is 3.58. The first-order valence-corrected chi connectivity index (χ1v) is 7.47. The van der Waals surface area contributed by atoms with E-state index in [1.165, 1.54) is 12.1 Å². The molecule has 0 aliphatic rings. The van der Waals surface area contributed by atoms with Crippen LogP contribution in [0.4, 0.5) is 4.39 Å². The van der Waals surface area contributed by atoms with E-state index in [0.717, 1.165) is 16.9 Å². The van der Waals surface area contributed by atoms with Gasteiger partial charge in [0.05, 0.1) is 13.7 Å². The Morgan fingerprint density at radius 2 is 1.87 bits per heavy atom. The minimum Gasteiger partial charge on any atom is -0.496 e. The molecular formula is C18H21FN2O2. The number of halogens is 1. The molecule has 2 aromatic carbocycles. The van der Waals surface area contributed by atoms with Gasteiger partial charge in [-0.2, -0.15) is 0 Å². The first-order valence-electron chi connectivity index (χ1n) is 7.47. The maximum absolute atomic E-state index is 12.8. The Labute approximate surface area is 135 Å². The normalized spacial score (nSPS) is 11.8. The van der Waals surface area contributed by atoms with Crippen LogP contribution in [0.25, 0.3) is 0 Å². The van der Waals surface area contributed by atoms with Crippen LogP contribution >= 0.6 is 0 Å². The Bertz CT molecular complexity index is 644. The number of hydrogen-bond donors (Lipinski definition) is 2. The number of amides is 1. The summed E-state index contributed by atoms with van der Waals surface area (Å²) in [4.78, 5) is 11.9. The van der Waals surface area contributed by atoms with Crippen LogP contribution in [-0.4, -0.2) is 19.6 Å². The quantitative estimate of drug-likeness (QED) is 0.826. The number of carbonyl (C=O) groups excluding carboxylic acids is 1. The minimum atomic E-state index is -0.285. The lowest BCUT2D eigenvalue weighted by molar-refractivity contribution is -0.120. The largest absolute Gasteiger partial charge is 0.496 e. The van der Waals surface area contributed by atoms with Crippen LogP contribution in [0.5, 0.6) is 5.75 Å². The first-order chi connectivity index (χ1) is 11.1. The zero-order valence-electron chi connectivity index (χ0n) is 13.3. The van der Waals surface area contributed by atoms with Gasteiger partial charge in [0.2, 0.25) is 5.91 Å². The van der Waals surface area contributed by atoms with Gasteiger partial charge >= 0.3 is 0 Å². The Kier molecular flexibility index (Phi) is 6.11. The highest BCUT2D eigenvalue weighted by Gasteiger charge is 2.11. The van der Waals surface area contributed by atoms with Crippen molar-refractivity contribution in [3.05, 3.63) is 65.5 Å². The number of methoxy groups -OCH3 is 1. The molecule has 0 saturated heterocycles. The topological polar surface area (TPSA) is 50.4 Å². The summed E-state index contributed by atoms with van der Waals surface area (Å²) in [5, 5.41) is 5.97. The molecule has 0 bridgehead atoms. The molecule has 1 unspecified atom stereocenters. The van der Waals surface area contributed by atoms with Crippen molar-refractivity contribution in [2.45, 2.75) is 19.5 Å². The molecule has 0 spiro atoms. The van der Waals surface area contributed by atoms with E-state index >= 15 is 0 Å². The van der Waals surface area contributed by atoms with Crippen molar-refractivity contribution in [2.24, 2.45) is 0 Å². The number of ether oxygens (including phenoxy) is 1. The van der Waals surface area contributed by atoms with Crippen molar-refractivity contribution < 1.29 is 13.9 Å². The van der Waals surface area contributed by atoms with E-state index in [1.807, 2.05) is 31.2 Å². The summed E-state index contributed by atoms with van der Waals surface area (Å²) in [7, 11) is 1.63. The van der Waals surface area contributed by atoms with E-state index in [0.29, 0.717) is 6.54 Å². The van der Waals surface area contributed by atoms with Crippen molar-refractivity contribution in [1.82, 2.24) is 10.6 Å². The van der Waals surface area contributed by atoms with Crippen LogP contribution in [0.15, 0.2) is 48.5 Å². The minimum absolute atomic E-state index is 0.0114. The summed E-state index contributed by atoms with van der Waals surface area (Å²) in [6.07, 6.45) is 0. The van der Waals surface area contributed by atoms with Crippen LogP contribution < -0.4 is 15.4 Å². The third kappa shape index (κ3) is 5.07. The molecule has 0 radical (unpaired) electrons. The molecule has 1 atom stereocenters. The summed E-state index contributed by atoms with van der Waals surface area (Å²) in [6, 6.07) is 13.8. The van der Waals surface area contributed by atoms with Crippen LogP contribution in [0.2, 0.25) is 0 Å². The summed E-state index contributed by atoms with van der Waals surface area (Å²) in [6.45, 7) is 2.55. The molecule has 0 aliphatic carbocycles. The highest BCUT2D eigenvalue weighted by molar-refractivity contribution is 5.78. The third-order valence-electron chi connectivity index (χ3n) is 3.58. The Hall–Kier alpha value is -2.40. The van der Waals surface area contributed by atoms with Gasteiger partial charge in [-0.1, -0.05) is 30.3 Å². The molecule has 0 aliphatic heterocycles. The van der Waals surface area contributed by atoms with Gasteiger partial charge < -0.3 is 15.4 Å². The average Bonchev–Trinajstić information content (AvgIpc) is 2.59. The monoisotopic (exact) mass is 316 g/mol. The zero-order chi connectivity index (χ0) is 16.7. The van der Waals surface area contributed by atoms with Gasteiger partial charge in [-0.25, -0.2) is 4.39 Å². The number of hydrogen-bond acceptors (Lipinski definition) is 3. The van der Waals surface area contributed by atoms with Gasteiger partial charge in [-0.3, -0.25) is 4.79 Å². The van der Waals surface area contributed by atoms with Gasteiger partial charge in [0.1, 0.15) is 11.6 Å². The van der Waals surface area contributed by atoms with E-state index in [2.05, 4.69) is 10.6 Å². The van der Waals surface area contributed by atoms with E-state index in [-0.39, 0.29) is 24.3 Å². The second-order valence-electron chi connectivity index (χ2n) is 5.25. The molecule has 2 aromatic rings. The van der Waals surface area contributed by atoms with E-state index in [9.17, 15) is 9.18 Å². The van der Waals surface area contributed by atoms with Crippen LogP contribution in [0, 0.1) is 5.82 Å². The number of nitrogens with one attached hydrogen (secondary N) is 2. The number of benzene rings is 2. The fraction of sp³-hybridized carbons (Fsp3) is 0.278. The van der Waals surface area contributed by atoms with Gasteiger partial charge in [0.15, 0.2) is 0 Å². The Morgan fingerprint density at radius 3 is 2.57 bits per heavy atom. The molecule has 122 valence electrons. The van der Waals surface area contributed by atoms with Crippen molar-refractivity contribution in [2.75, 3.05) is 13.7 Å². The number of para-hydroxylation sites is 1. The van der Waals surface area contributed by atoms with Crippen molar-refractivity contribution in [1.29, 1.82) is 0 Å². The van der Waals surface area contributed by atoms with E-state index in [4.69, 9.17) is 4.74 Å². The predicted octanol–water partition coefficient (Wildman–Crippen LogP) is 2.80. The van der Waals surface area contributed by atoms with Crippen LogP contribution in [0.1, 0.15) is 24.1 Å². The lowest BCUT2D eigenvalue weighted by Gasteiger charge is -2.17.